The van der Waals surface area contributed by atoms with Gasteiger partial charge in [0, 0.05) is 6.42 Å². The molecule has 1 saturated heterocycles. The van der Waals surface area contributed by atoms with E-state index in [0.717, 1.165) is 24.5 Å². The molecule has 0 spiro atoms. The van der Waals surface area contributed by atoms with Crippen molar-refractivity contribution in [2.45, 2.75) is 39.5 Å². The molecule has 5 nitrogen and oxygen atoms in total. The average molecular weight is 319 g/mol. The van der Waals surface area contributed by atoms with Crippen LogP contribution in [0.3, 0.4) is 0 Å². The molecule has 0 aliphatic carbocycles. The van der Waals surface area contributed by atoms with Crippen LogP contribution in [0.25, 0.3) is 0 Å². The highest BCUT2D eigenvalue weighted by molar-refractivity contribution is 7.15. The van der Waals surface area contributed by atoms with E-state index in [-0.39, 0.29) is 18.3 Å². The monoisotopic (exact) mass is 318 g/mol. The normalized spacial score (nSPS) is 20.0. The molecule has 1 aliphatic rings. The van der Waals surface area contributed by atoms with Crippen LogP contribution in [0.5, 0.6) is 0 Å². The fraction of sp³-hybridized carbons (Fsp3) is 0.769. The maximum absolute atomic E-state index is 12.0. The standard InChI is InChI=1S/C13H22N4OS.ClH/c1-3-12-16-17-13(19-12)15-11(18)7-9(2)10-5-4-6-14-8-10;/h9-10,14H,3-8H2,1-2H3,(H,15,17,18);1H. The second kappa shape index (κ2) is 8.54. The molecule has 1 aromatic rings. The number of piperidine rings is 1. The molecule has 0 radical (unpaired) electrons. The van der Waals surface area contributed by atoms with Gasteiger partial charge in [0.25, 0.3) is 0 Å². The molecule has 2 N–H and O–H groups in total. The summed E-state index contributed by atoms with van der Waals surface area (Å²) in [4.78, 5) is 12.0. The summed E-state index contributed by atoms with van der Waals surface area (Å²) >= 11 is 1.46. The van der Waals surface area contributed by atoms with Crippen molar-refractivity contribution in [1.29, 1.82) is 0 Å². The smallest absolute Gasteiger partial charge is 0.226 e. The Hall–Kier alpha value is -0.720. The molecule has 0 saturated carbocycles. The lowest BCUT2D eigenvalue weighted by Gasteiger charge is -2.27. The number of carbonyl (C=O) groups is 1. The number of hydrogen-bond donors (Lipinski definition) is 2. The molecule has 114 valence electrons. The molecule has 20 heavy (non-hydrogen) atoms. The lowest BCUT2D eigenvalue weighted by Crippen LogP contribution is -2.34. The van der Waals surface area contributed by atoms with Gasteiger partial charge in [0.15, 0.2) is 0 Å². The molecular formula is C13H23ClN4OS. The van der Waals surface area contributed by atoms with Crippen LogP contribution in [0, 0.1) is 11.8 Å². The summed E-state index contributed by atoms with van der Waals surface area (Å²) in [7, 11) is 0. The number of hydrogen-bond acceptors (Lipinski definition) is 5. The number of nitrogens with zero attached hydrogens (tertiary/aromatic N) is 2. The van der Waals surface area contributed by atoms with E-state index in [1.165, 1.54) is 24.2 Å². The van der Waals surface area contributed by atoms with Crippen molar-refractivity contribution in [2.75, 3.05) is 18.4 Å². The number of halogens is 1. The molecule has 2 heterocycles. The number of nitrogens with one attached hydrogen (secondary N) is 2. The first-order valence-electron chi connectivity index (χ1n) is 7.02. The van der Waals surface area contributed by atoms with E-state index < -0.39 is 0 Å². The van der Waals surface area contributed by atoms with Crippen molar-refractivity contribution in [3.05, 3.63) is 5.01 Å². The SMILES string of the molecule is CCc1nnc(NC(=O)CC(C)C2CCCNC2)s1.Cl. The van der Waals surface area contributed by atoms with Gasteiger partial charge in [0.1, 0.15) is 5.01 Å². The van der Waals surface area contributed by atoms with Crippen molar-refractivity contribution < 1.29 is 4.79 Å². The van der Waals surface area contributed by atoms with Gasteiger partial charge in [-0.3, -0.25) is 4.79 Å². The fourth-order valence-electron chi connectivity index (χ4n) is 2.44. The molecular weight excluding hydrogens is 296 g/mol. The van der Waals surface area contributed by atoms with Crippen LogP contribution in [0.1, 0.15) is 38.1 Å². The van der Waals surface area contributed by atoms with Crippen molar-refractivity contribution in [1.82, 2.24) is 15.5 Å². The lowest BCUT2D eigenvalue weighted by atomic mass is 9.85. The number of carbonyl (C=O) groups excluding carboxylic acids is 1. The van der Waals surface area contributed by atoms with Gasteiger partial charge in [0.05, 0.1) is 0 Å². The Morgan fingerprint density at radius 2 is 2.35 bits per heavy atom. The predicted molar refractivity (Wildman–Crippen MR) is 84.5 cm³/mol. The highest BCUT2D eigenvalue weighted by Gasteiger charge is 2.22. The first-order valence-corrected chi connectivity index (χ1v) is 7.83. The Labute approximate surface area is 130 Å². The molecule has 0 bridgehead atoms. The second-order valence-corrected chi connectivity index (χ2v) is 6.25. The zero-order chi connectivity index (χ0) is 13.7. The molecule has 2 rings (SSSR count). The number of aromatic nitrogens is 2. The van der Waals surface area contributed by atoms with E-state index in [1.807, 2.05) is 6.92 Å². The van der Waals surface area contributed by atoms with E-state index in [2.05, 4.69) is 27.8 Å². The molecule has 1 amide bonds. The molecule has 7 heteroatoms. The third kappa shape index (κ3) is 5.00. The van der Waals surface area contributed by atoms with Gasteiger partial charge in [0.2, 0.25) is 11.0 Å². The fourth-order valence-corrected chi connectivity index (χ4v) is 3.14. The van der Waals surface area contributed by atoms with Gasteiger partial charge in [-0.2, -0.15) is 0 Å². The molecule has 2 unspecified atom stereocenters. The van der Waals surface area contributed by atoms with Crippen molar-refractivity contribution >= 4 is 34.8 Å². The Balaban J connectivity index is 0.00000200. The lowest BCUT2D eigenvalue weighted by molar-refractivity contribution is -0.117. The molecule has 1 aromatic heterocycles. The van der Waals surface area contributed by atoms with Crippen LogP contribution < -0.4 is 10.6 Å². The first-order chi connectivity index (χ1) is 9.19. The Bertz CT molecular complexity index is 420. The summed E-state index contributed by atoms with van der Waals surface area (Å²) < 4.78 is 0. The topological polar surface area (TPSA) is 66.9 Å². The van der Waals surface area contributed by atoms with E-state index in [0.29, 0.717) is 23.4 Å². The molecule has 1 fully saturated rings. The van der Waals surface area contributed by atoms with E-state index in [4.69, 9.17) is 0 Å². The molecule has 2 atom stereocenters. The van der Waals surface area contributed by atoms with Crippen LogP contribution in [-0.4, -0.2) is 29.2 Å². The van der Waals surface area contributed by atoms with Gasteiger partial charge < -0.3 is 10.6 Å². The molecule has 0 aromatic carbocycles. The largest absolute Gasteiger partial charge is 0.316 e. The first kappa shape index (κ1) is 17.3. The van der Waals surface area contributed by atoms with Gasteiger partial charge in [-0.1, -0.05) is 25.2 Å². The van der Waals surface area contributed by atoms with Crippen LogP contribution >= 0.6 is 23.7 Å². The second-order valence-electron chi connectivity index (χ2n) is 5.19. The minimum atomic E-state index is 0. The van der Waals surface area contributed by atoms with Gasteiger partial charge in [-0.25, -0.2) is 0 Å². The maximum atomic E-state index is 12.0. The van der Waals surface area contributed by atoms with Crippen LogP contribution in [0.4, 0.5) is 5.13 Å². The summed E-state index contributed by atoms with van der Waals surface area (Å²) in [5, 5.41) is 15.8. The number of anilines is 1. The van der Waals surface area contributed by atoms with E-state index in [1.54, 1.807) is 0 Å². The minimum Gasteiger partial charge on any atom is -0.316 e. The zero-order valence-electron chi connectivity index (χ0n) is 12.0. The highest BCUT2D eigenvalue weighted by Crippen LogP contribution is 2.23. The number of amides is 1. The van der Waals surface area contributed by atoms with Gasteiger partial charge in [-0.15, -0.1) is 22.6 Å². The van der Waals surface area contributed by atoms with Crippen molar-refractivity contribution in [3.8, 4) is 0 Å². The predicted octanol–water partition coefficient (Wildman–Crippen LogP) is 2.49. The van der Waals surface area contributed by atoms with Gasteiger partial charge >= 0.3 is 0 Å². The molecule has 1 aliphatic heterocycles. The summed E-state index contributed by atoms with van der Waals surface area (Å²) in [5.74, 6) is 1.07. The Morgan fingerprint density at radius 1 is 1.55 bits per heavy atom. The van der Waals surface area contributed by atoms with Crippen molar-refractivity contribution in [3.63, 3.8) is 0 Å². The number of rotatable bonds is 5. The summed E-state index contributed by atoms with van der Waals surface area (Å²) in [6.45, 7) is 6.34. The van der Waals surface area contributed by atoms with E-state index >= 15 is 0 Å². The third-order valence-electron chi connectivity index (χ3n) is 3.66. The number of aryl methyl sites for hydroxylation is 1. The summed E-state index contributed by atoms with van der Waals surface area (Å²) in [5.41, 5.74) is 0. The average Bonchev–Trinajstić information content (AvgIpc) is 2.87. The minimum absolute atomic E-state index is 0. The third-order valence-corrected chi connectivity index (χ3v) is 4.65. The maximum Gasteiger partial charge on any atom is 0.226 e. The summed E-state index contributed by atoms with van der Waals surface area (Å²) in [6.07, 6.45) is 3.86. The van der Waals surface area contributed by atoms with E-state index in [9.17, 15) is 4.79 Å². The van der Waals surface area contributed by atoms with Crippen LogP contribution in [-0.2, 0) is 11.2 Å². The van der Waals surface area contributed by atoms with Crippen LogP contribution in [0.2, 0.25) is 0 Å². The van der Waals surface area contributed by atoms with Crippen molar-refractivity contribution in [2.24, 2.45) is 11.8 Å². The van der Waals surface area contributed by atoms with Crippen LogP contribution in [0.15, 0.2) is 0 Å². The Morgan fingerprint density at radius 3 is 2.95 bits per heavy atom. The van der Waals surface area contributed by atoms with Gasteiger partial charge in [-0.05, 0) is 44.2 Å². The highest BCUT2D eigenvalue weighted by atomic mass is 35.5. The quantitative estimate of drug-likeness (QED) is 0.875. The zero-order valence-corrected chi connectivity index (χ0v) is 13.6. The Kier molecular flexibility index (Phi) is 7.40. The summed E-state index contributed by atoms with van der Waals surface area (Å²) in [6, 6.07) is 0.